The van der Waals surface area contributed by atoms with Crippen LogP contribution in [0.4, 0.5) is 10.1 Å². The molecule has 1 saturated heterocycles. The first kappa shape index (κ1) is 19.9. The minimum Gasteiger partial charge on any atom is -0.460 e. The standard InChI is InChI=1S/C15H21NO2.C6H6FN/c1-12-8-9-16(2)11-14(12)18-15(17)10-13-6-4-3-5-7-13;7-5-2-1-3-6(8)4-5/h3-7,12,14H,8-11H2,1-2H3;1-4H,8H2/t12?,14-;/m0./s1. The van der Waals surface area contributed by atoms with Crippen molar-refractivity contribution < 1.29 is 13.9 Å². The predicted octanol–water partition coefficient (Wildman–Crippen LogP) is 3.52. The number of likely N-dealkylation sites (N-methyl/N-ethyl adjacent to an activating group) is 1. The molecule has 1 aliphatic rings. The van der Waals surface area contributed by atoms with Crippen molar-refractivity contribution in [3.63, 3.8) is 0 Å². The summed E-state index contributed by atoms with van der Waals surface area (Å²) in [5.74, 6) is 0.0549. The Morgan fingerprint density at radius 2 is 1.96 bits per heavy atom. The summed E-state index contributed by atoms with van der Waals surface area (Å²) in [5.41, 5.74) is 6.69. The molecule has 0 radical (unpaired) electrons. The molecule has 1 aliphatic heterocycles. The van der Waals surface area contributed by atoms with Gasteiger partial charge in [-0.05, 0) is 49.7 Å². The van der Waals surface area contributed by atoms with Crippen LogP contribution in [0.5, 0.6) is 0 Å². The van der Waals surface area contributed by atoms with E-state index in [1.165, 1.54) is 12.1 Å². The maximum absolute atomic E-state index is 12.1. The quantitative estimate of drug-likeness (QED) is 0.674. The molecule has 1 unspecified atom stereocenters. The Bertz CT molecular complexity index is 676. The topological polar surface area (TPSA) is 55.6 Å². The fraction of sp³-hybridized carbons (Fsp3) is 0.381. The summed E-state index contributed by atoms with van der Waals surface area (Å²) < 4.78 is 17.7. The Morgan fingerprint density at radius 3 is 2.58 bits per heavy atom. The zero-order valence-electron chi connectivity index (χ0n) is 15.4. The molecule has 4 nitrogen and oxygen atoms in total. The van der Waals surface area contributed by atoms with E-state index in [1.54, 1.807) is 12.1 Å². The summed E-state index contributed by atoms with van der Waals surface area (Å²) in [6.07, 6.45) is 1.51. The summed E-state index contributed by atoms with van der Waals surface area (Å²) in [5, 5.41) is 0. The minimum atomic E-state index is -0.287. The van der Waals surface area contributed by atoms with Gasteiger partial charge in [0.1, 0.15) is 11.9 Å². The Balaban J connectivity index is 0.000000254. The van der Waals surface area contributed by atoms with Gasteiger partial charge in [-0.15, -0.1) is 0 Å². The highest BCUT2D eigenvalue weighted by molar-refractivity contribution is 5.72. The first-order valence-corrected chi connectivity index (χ1v) is 8.87. The third-order valence-electron chi connectivity index (χ3n) is 4.42. The molecule has 2 aromatic carbocycles. The molecule has 2 N–H and O–H groups in total. The molecule has 0 saturated carbocycles. The molecule has 0 aromatic heterocycles. The van der Waals surface area contributed by atoms with Gasteiger partial charge in [-0.25, -0.2) is 4.39 Å². The number of hydrogen-bond donors (Lipinski definition) is 1. The number of likely N-dealkylation sites (tertiary alicyclic amines) is 1. The van der Waals surface area contributed by atoms with Gasteiger partial charge in [0.05, 0.1) is 6.42 Å². The number of esters is 1. The van der Waals surface area contributed by atoms with Crippen molar-refractivity contribution in [2.24, 2.45) is 5.92 Å². The number of nitrogens with two attached hydrogens (primary N) is 1. The molecular formula is C21H27FN2O2. The van der Waals surface area contributed by atoms with Gasteiger partial charge in [-0.3, -0.25) is 4.79 Å². The largest absolute Gasteiger partial charge is 0.460 e. The zero-order chi connectivity index (χ0) is 18.9. The lowest BCUT2D eigenvalue weighted by Crippen LogP contribution is -2.43. The number of carbonyl (C=O) groups is 1. The molecule has 2 atom stereocenters. The molecule has 0 amide bonds. The van der Waals surface area contributed by atoms with E-state index in [0.29, 0.717) is 18.0 Å². The highest BCUT2D eigenvalue weighted by atomic mass is 19.1. The van der Waals surface area contributed by atoms with Gasteiger partial charge in [-0.2, -0.15) is 0 Å². The lowest BCUT2D eigenvalue weighted by molar-refractivity contribution is -0.153. The molecule has 1 heterocycles. The monoisotopic (exact) mass is 358 g/mol. The van der Waals surface area contributed by atoms with Crippen LogP contribution in [0.25, 0.3) is 0 Å². The normalized spacial score (nSPS) is 20.0. The van der Waals surface area contributed by atoms with E-state index in [2.05, 4.69) is 18.9 Å². The third-order valence-corrected chi connectivity index (χ3v) is 4.42. The maximum Gasteiger partial charge on any atom is 0.310 e. The highest BCUT2D eigenvalue weighted by Crippen LogP contribution is 2.19. The molecule has 3 rings (SSSR count). The van der Waals surface area contributed by atoms with Crippen LogP contribution in [0.1, 0.15) is 18.9 Å². The molecule has 0 spiro atoms. The van der Waals surface area contributed by atoms with Crippen LogP contribution >= 0.6 is 0 Å². The summed E-state index contributed by atoms with van der Waals surface area (Å²) in [7, 11) is 2.07. The number of anilines is 1. The number of benzene rings is 2. The molecule has 0 aliphatic carbocycles. The van der Waals surface area contributed by atoms with Gasteiger partial charge < -0.3 is 15.4 Å². The van der Waals surface area contributed by atoms with E-state index in [4.69, 9.17) is 10.5 Å². The van der Waals surface area contributed by atoms with Crippen molar-refractivity contribution in [1.29, 1.82) is 0 Å². The number of hydrogen-bond acceptors (Lipinski definition) is 4. The van der Waals surface area contributed by atoms with Gasteiger partial charge in [0.2, 0.25) is 0 Å². The lowest BCUT2D eigenvalue weighted by atomic mass is 9.96. The second kappa shape index (κ2) is 9.92. The van der Waals surface area contributed by atoms with E-state index >= 15 is 0 Å². The smallest absolute Gasteiger partial charge is 0.310 e. The first-order valence-electron chi connectivity index (χ1n) is 8.87. The molecule has 1 fully saturated rings. The maximum atomic E-state index is 12.1. The Hall–Kier alpha value is -2.40. The number of nitrogens with zero attached hydrogens (tertiary/aromatic N) is 1. The van der Waals surface area contributed by atoms with Gasteiger partial charge in [0.25, 0.3) is 0 Å². The van der Waals surface area contributed by atoms with E-state index in [1.807, 2.05) is 30.3 Å². The van der Waals surface area contributed by atoms with Crippen LogP contribution in [0.2, 0.25) is 0 Å². The number of rotatable bonds is 3. The number of piperidine rings is 1. The van der Waals surface area contributed by atoms with E-state index in [-0.39, 0.29) is 17.9 Å². The second-order valence-corrected chi connectivity index (χ2v) is 6.77. The Kier molecular flexibility index (Phi) is 7.60. The fourth-order valence-electron chi connectivity index (χ4n) is 2.82. The van der Waals surface area contributed by atoms with Crippen LogP contribution in [0.3, 0.4) is 0 Å². The van der Waals surface area contributed by atoms with Crippen molar-refractivity contribution >= 4 is 11.7 Å². The van der Waals surface area contributed by atoms with E-state index in [9.17, 15) is 9.18 Å². The lowest BCUT2D eigenvalue weighted by Gasteiger charge is -2.34. The number of nitrogen functional groups attached to an aromatic ring is 1. The Morgan fingerprint density at radius 1 is 1.23 bits per heavy atom. The van der Waals surface area contributed by atoms with Crippen molar-refractivity contribution in [2.45, 2.75) is 25.9 Å². The second-order valence-electron chi connectivity index (χ2n) is 6.77. The summed E-state index contributed by atoms with van der Waals surface area (Å²) in [6.45, 7) is 4.10. The zero-order valence-corrected chi connectivity index (χ0v) is 15.4. The number of halogens is 1. The average Bonchev–Trinajstić information content (AvgIpc) is 2.59. The van der Waals surface area contributed by atoms with E-state index < -0.39 is 0 Å². The summed E-state index contributed by atoms with van der Waals surface area (Å²) in [4.78, 5) is 14.1. The van der Waals surface area contributed by atoms with Crippen LogP contribution in [-0.4, -0.2) is 37.1 Å². The van der Waals surface area contributed by atoms with Gasteiger partial charge in [0.15, 0.2) is 0 Å². The highest BCUT2D eigenvalue weighted by Gasteiger charge is 2.27. The number of carbonyl (C=O) groups excluding carboxylic acids is 1. The minimum absolute atomic E-state index is 0.0416. The molecule has 0 bridgehead atoms. The first-order chi connectivity index (χ1) is 12.4. The van der Waals surface area contributed by atoms with E-state index in [0.717, 1.165) is 25.1 Å². The van der Waals surface area contributed by atoms with Crippen LogP contribution < -0.4 is 5.73 Å². The predicted molar refractivity (Wildman–Crippen MR) is 102 cm³/mol. The molecular weight excluding hydrogens is 331 g/mol. The summed E-state index contributed by atoms with van der Waals surface area (Å²) in [6, 6.07) is 15.6. The van der Waals surface area contributed by atoms with Gasteiger partial charge >= 0.3 is 5.97 Å². The van der Waals surface area contributed by atoms with Gasteiger partial charge in [0, 0.05) is 12.2 Å². The SMILES string of the molecule is CC1CCN(C)C[C@@H]1OC(=O)Cc1ccccc1.Nc1cccc(F)c1. The van der Waals surface area contributed by atoms with Crippen LogP contribution in [-0.2, 0) is 16.0 Å². The van der Waals surface area contributed by atoms with Crippen molar-refractivity contribution in [3.05, 3.63) is 66.0 Å². The van der Waals surface area contributed by atoms with Crippen LogP contribution in [0, 0.1) is 11.7 Å². The van der Waals surface area contributed by atoms with Crippen LogP contribution in [0.15, 0.2) is 54.6 Å². The molecule has 26 heavy (non-hydrogen) atoms. The van der Waals surface area contributed by atoms with Crippen molar-refractivity contribution in [3.8, 4) is 0 Å². The molecule has 2 aromatic rings. The third kappa shape index (κ3) is 6.84. The average molecular weight is 358 g/mol. The number of ether oxygens (including phenoxy) is 1. The fourth-order valence-corrected chi connectivity index (χ4v) is 2.82. The molecule has 5 heteroatoms. The van der Waals surface area contributed by atoms with Gasteiger partial charge in [-0.1, -0.05) is 43.3 Å². The van der Waals surface area contributed by atoms with Crippen molar-refractivity contribution in [2.75, 3.05) is 25.9 Å². The Labute approximate surface area is 154 Å². The summed E-state index contributed by atoms with van der Waals surface area (Å²) >= 11 is 0. The molecule has 140 valence electrons. The van der Waals surface area contributed by atoms with Crippen molar-refractivity contribution in [1.82, 2.24) is 4.90 Å².